The Morgan fingerprint density at radius 1 is 1.12 bits per heavy atom. The Hall–Kier alpha value is -3.59. The molecular formula is C24H26N4O4S. The summed E-state index contributed by atoms with van der Waals surface area (Å²) in [6.45, 7) is 5.71. The third-order valence-electron chi connectivity index (χ3n) is 5.61. The van der Waals surface area contributed by atoms with E-state index in [-0.39, 0.29) is 34.4 Å². The van der Waals surface area contributed by atoms with Crippen LogP contribution in [0.1, 0.15) is 36.4 Å². The highest BCUT2D eigenvalue weighted by molar-refractivity contribution is 7.90. The minimum Gasteiger partial charge on any atom is -0.710 e. The van der Waals surface area contributed by atoms with Gasteiger partial charge in [0.05, 0.1) is 10.4 Å². The number of aryl methyl sites for hydroxylation is 1. The molecule has 3 N–H and O–H groups in total. The highest BCUT2D eigenvalue weighted by Crippen LogP contribution is 2.28. The first-order valence-corrected chi connectivity index (χ1v) is 12.1. The molecule has 0 fully saturated rings. The molecule has 0 bridgehead atoms. The first kappa shape index (κ1) is 22.6. The molecule has 2 aromatic carbocycles. The van der Waals surface area contributed by atoms with Gasteiger partial charge >= 0.3 is 0 Å². The predicted octanol–water partition coefficient (Wildman–Crippen LogP) is 2.88. The van der Waals surface area contributed by atoms with Crippen LogP contribution in [0.25, 0.3) is 10.9 Å². The molecule has 0 spiro atoms. The summed E-state index contributed by atoms with van der Waals surface area (Å²) in [7, 11) is -3.85. The fourth-order valence-corrected chi connectivity index (χ4v) is 5.29. The maximum Gasteiger partial charge on any atom is 0.295 e. The number of hydrogen-bond acceptors (Lipinski definition) is 5. The van der Waals surface area contributed by atoms with Gasteiger partial charge in [-0.25, -0.2) is 17.1 Å². The smallest absolute Gasteiger partial charge is 0.295 e. The van der Waals surface area contributed by atoms with Gasteiger partial charge < -0.3 is 10.2 Å². The van der Waals surface area contributed by atoms with Gasteiger partial charge in [-0.3, -0.25) is 10.5 Å². The van der Waals surface area contributed by atoms with E-state index in [2.05, 4.69) is 4.98 Å². The number of nitrogens with one attached hydrogen (secondary N) is 1. The van der Waals surface area contributed by atoms with Crippen LogP contribution in [0.3, 0.4) is 0 Å². The number of aromatic amines is 1. The number of aromatic nitrogens is 3. The summed E-state index contributed by atoms with van der Waals surface area (Å²) in [5, 5.41) is 13.3. The number of rotatable bonds is 6. The minimum absolute atomic E-state index is 0.0654. The molecule has 0 saturated heterocycles. The molecule has 0 amide bonds. The first-order valence-electron chi connectivity index (χ1n) is 10.6. The molecule has 9 heteroatoms. The Morgan fingerprint density at radius 2 is 1.79 bits per heavy atom. The molecule has 0 aliphatic rings. The van der Waals surface area contributed by atoms with E-state index in [0.717, 1.165) is 5.56 Å². The Morgan fingerprint density at radius 3 is 2.45 bits per heavy atom. The molecule has 0 aliphatic heterocycles. The number of nitrogens with two attached hydrogens (primary N) is 1. The molecule has 172 valence electrons. The van der Waals surface area contributed by atoms with Crippen molar-refractivity contribution < 1.29 is 13.1 Å². The summed E-state index contributed by atoms with van der Waals surface area (Å²) in [5.41, 5.74) is 7.98. The molecule has 33 heavy (non-hydrogen) atoms. The fraction of sp³-hybridized carbons (Fsp3) is 0.250. The van der Waals surface area contributed by atoms with E-state index in [1.54, 1.807) is 48.5 Å². The zero-order valence-corrected chi connectivity index (χ0v) is 19.5. The van der Waals surface area contributed by atoms with Crippen LogP contribution in [-0.2, 0) is 22.9 Å². The van der Waals surface area contributed by atoms with Gasteiger partial charge in [-0.15, -0.1) is 0 Å². The molecule has 4 aromatic rings. The molecule has 2 aromatic heterocycles. The zero-order chi connectivity index (χ0) is 23.9. The van der Waals surface area contributed by atoms with Crippen molar-refractivity contribution in [2.75, 3.05) is 5.73 Å². The average Bonchev–Trinajstić information content (AvgIpc) is 3.14. The Labute approximate surface area is 191 Å². The normalized spacial score (nSPS) is 12.0. The third-order valence-corrected chi connectivity index (χ3v) is 7.29. The van der Waals surface area contributed by atoms with Crippen LogP contribution in [0.2, 0.25) is 0 Å². The summed E-state index contributed by atoms with van der Waals surface area (Å²) >= 11 is 0. The summed E-state index contributed by atoms with van der Waals surface area (Å²) < 4.78 is 28.5. The summed E-state index contributed by atoms with van der Waals surface area (Å²) in [4.78, 5) is 15.4. The molecule has 0 aliphatic carbocycles. The molecule has 0 atom stereocenters. The van der Waals surface area contributed by atoms with Gasteiger partial charge in [-0.2, -0.15) is 0 Å². The van der Waals surface area contributed by atoms with E-state index >= 15 is 0 Å². The summed E-state index contributed by atoms with van der Waals surface area (Å²) in [6, 6.07) is 13.7. The van der Waals surface area contributed by atoms with Crippen molar-refractivity contribution in [2.24, 2.45) is 5.92 Å². The van der Waals surface area contributed by atoms with Gasteiger partial charge in [0.2, 0.25) is 0 Å². The van der Waals surface area contributed by atoms with Gasteiger partial charge in [0.1, 0.15) is 5.69 Å². The Bertz CT molecular complexity index is 1500. The SMILES string of the molecule is Cc1ccc(S(=O)(=O)n2cc(Cc3[nH]c(=O)c(CC(C)C)[n+]([O-])c3N)c3ccccc32)cc1. The molecule has 0 unspecified atom stereocenters. The number of anilines is 1. The standard InChI is InChI=1S/C24H26N4O4S/c1-15(2)12-22-24(29)26-20(23(25)28(22)30)13-17-14-27(21-7-5-4-6-19(17)21)33(31,32)18-10-8-16(3)9-11-18/h4-11,14-15H,12-13,25H2,1-3H3,(H,26,29). The second kappa shape index (κ2) is 8.40. The molecular weight excluding hydrogens is 440 g/mol. The second-order valence-corrected chi connectivity index (χ2v) is 10.4. The van der Waals surface area contributed by atoms with Crippen molar-refractivity contribution in [3.8, 4) is 0 Å². The van der Waals surface area contributed by atoms with E-state index in [1.165, 1.54) is 10.2 Å². The van der Waals surface area contributed by atoms with Gasteiger partial charge in [0.25, 0.3) is 21.4 Å². The van der Waals surface area contributed by atoms with E-state index in [4.69, 9.17) is 5.73 Å². The molecule has 0 saturated carbocycles. The molecule has 4 rings (SSSR count). The Kier molecular flexibility index (Phi) is 5.75. The third kappa shape index (κ3) is 4.11. The van der Waals surface area contributed by atoms with Crippen LogP contribution in [0.15, 0.2) is 64.4 Å². The van der Waals surface area contributed by atoms with Crippen molar-refractivity contribution in [3.63, 3.8) is 0 Å². The van der Waals surface area contributed by atoms with Crippen LogP contribution in [0.5, 0.6) is 0 Å². The monoisotopic (exact) mass is 466 g/mol. The minimum atomic E-state index is -3.85. The number of benzene rings is 2. The number of nitrogens with zero attached hydrogens (tertiary/aromatic N) is 2. The van der Waals surface area contributed by atoms with Crippen molar-refractivity contribution in [1.82, 2.24) is 8.96 Å². The predicted molar refractivity (Wildman–Crippen MR) is 127 cm³/mol. The van der Waals surface area contributed by atoms with Crippen molar-refractivity contribution in [3.05, 3.63) is 92.8 Å². The summed E-state index contributed by atoms with van der Waals surface area (Å²) in [5.74, 6) is 0.0185. The second-order valence-electron chi connectivity index (χ2n) is 8.62. The number of nitrogen functional groups attached to an aromatic ring is 1. The summed E-state index contributed by atoms with van der Waals surface area (Å²) in [6.07, 6.45) is 1.93. The first-order chi connectivity index (χ1) is 15.6. The van der Waals surface area contributed by atoms with E-state index in [1.807, 2.05) is 20.8 Å². The van der Waals surface area contributed by atoms with Crippen LogP contribution in [0, 0.1) is 18.0 Å². The van der Waals surface area contributed by atoms with E-state index < -0.39 is 15.6 Å². The van der Waals surface area contributed by atoms with Gasteiger partial charge in [-0.05, 0) is 36.6 Å². The van der Waals surface area contributed by atoms with Crippen LogP contribution < -0.4 is 16.0 Å². The molecule has 8 nitrogen and oxygen atoms in total. The lowest BCUT2D eigenvalue weighted by Gasteiger charge is -2.14. The quantitative estimate of drug-likeness (QED) is 0.334. The number of fused-ring (bicyclic) bond motifs is 1. The van der Waals surface area contributed by atoms with Gasteiger partial charge in [0, 0.05) is 24.4 Å². The van der Waals surface area contributed by atoms with Crippen molar-refractivity contribution >= 4 is 26.7 Å². The maximum absolute atomic E-state index is 13.4. The number of hydrogen-bond donors (Lipinski definition) is 2. The molecule has 0 radical (unpaired) electrons. The Balaban J connectivity index is 1.83. The largest absolute Gasteiger partial charge is 0.710 e. The average molecular weight is 467 g/mol. The molecule has 2 heterocycles. The van der Waals surface area contributed by atoms with Crippen molar-refractivity contribution in [2.45, 2.75) is 38.5 Å². The van der Waals surface area contributed by atoms with E-state index in [9.17, 15) is 18.4 Å². The topological polar surface area (TPSA) is 125 Å². The highest BCUT2D eigenvalue weighted by atomic mass is 32.2. The van der Waals surface area contributed by atoms with Crippen LogP contribution in [-0.4, -0.2) is 17.4 Å². The number of H-pyrrole nitrogens is 1. The van der Waals surface area contributed by atoms with Crippen LogP contribution >= 0.6 is 0 Å². The zero-order valence-electron chi connectivity index (χ0n) is 18.7. The lowest BCUT2D eigenvalue weighted by atomic mass is 10.1. The van der Waals surface area contributed by atoms with Gasteiger partial charge in [0.15, 0.2) is 5.69 Å². The number of para-hydroxylation sites is 1. The van der Waals surface area contributed by atoms with Crippen molar-refractivity contribution in [1.29, 1.82) is 0 Å². The van der Waals surface area contributed by atoms with Crippen LogP contribution in [0.4, 0.5) is 5.82 Å². The van der Waals surface area contributed by atoms with Gasteiger partial charge in [-0.1, -0.05) is 49.7 Å². The van der Waals surface area contributed by atoms with E-state index in [0.29, 0.717) is 27.6 Å². The highest BCUT2D eigenvalue weighted by Gasteiger charge is 2.23. The lowest BCUT2D eigenvalue weighted by molar-refractivity contribution is -0.601. The fourth-order valence-electron chi connectivity index (χ4n) is 3.90. The lowest BCUT2D eigenvalue weighted by Crippen LogP contribution is -2.44. The maximum atomic E-state index is 13.4.